The molecule has 56 heavy (non-hydrogen) atoms. The summed E-state index contributed by atoms with van der Waals surface area (Å²) in [6.45, 7) is 6.85. The minimum atomic E-state index is -1.02. The van der Waals surface area contributed by atoms with Gasteiger partial charge < -0.3 is 20.5 Å². The molecule has 2 aliphatic rings. The van der Waals surface area contributed by atoms with Crippen LogP contribution in [0.1, 0.15) is 118 Å². The number of anilines is 1. The number of imidazole rings is 1. The van der Waals surface area contributed by atoms with Gasteiger partial charge in [-0.2, -0.15) is 10.2 Å². The normalized spacial score (nSPS) is 19.4. The Bertz CT molecular complexity index is 2150. The first kappa shape index (κ1) is 40.4. The molecular formula is C40H55N9O7. The minimum absolute atomic E-state index is 0.184. The van der Waals surface area contributed by atoms with Crippen LogP contribution in [0.2, 0.25) is 0 Å². The van der Waals surface area contributed by atoms with Crippen LogP contribution in [0.4, 0.5) is 10.6 Å². The summed E-state index contributed by atoms with van der Waals surface area (Å²) < 4.78 is 11.6. The summed E-state index contributed by atoms with van der Waals surface area (Å²) in [6, 6.07) is 8.88. The van der Waals surface area contributed by atoms with Crippen molar-refractivity contribution < 1.29 is 29.0 Å². The Hall–Kier alpha value is -5.25. The van der Waals surface area contributed by atoms with Crippen LogP contribution in [0.15, 0.2) is 35.1 Å². The van der Waals surface area contributed by atoms with Gasteiger partial charge in [-0.1, -0.05) is 18.9 Å². The maximum atomic E-state index is 13.4. The summed E-state index contributed by atoms with van der Waals surface area (Å²) >= 11 is 0. The van der Waals surface area contributed by atoms with E-state index in [-0.39, 0.29) is 41.3 Å². The van der Waals surface area contributed by atoms with Crippen molar-refractivity contribution in [3.05, 3.63) is 63.5 Å². The van der Waals surface area contributed by atoms with Crippen molar-refractivity contribution in [1.29, 1.82) is 0 Å². The van der Waals surface area contributed by atoms with Gasteiger partial charge >= 0.3 is 11.8 Å². The highest BCUT2D eigenvalue weighted by Gasteiger charge is 2.35. The smallest absolute Gasteiger partial charge is 0.404 e. The average molecular weight is 774 g/mol. The monoisotopic (exact) mass is 773 g/mol. The van der Waals surface area contributed by atoms with Crippen LogP contribution in [0.5, 0.6) is 0 Å². The van der Waals surface area contributed by atoms with Crippen LogP contribution in [0.25, 0.3) is 11.0 Å². The third kappa shape index (κ3) is 8.90. The van der Waals surface area contributed by atoms with Crippen molar-refractivity contribution >= 4 is 40.7 Å². The summed E-state index contributed by atoms with van der Waals surface area (Å²) in [7, 11) is 5.02. The Balaban J connectivity index is 1.06. The summed E-state index contributed by atoms with van der Waals surface area (Å²) in [5.74, 6) is 0.272. The minimum Gasteiger partial charge on any atom is -0.465 e. The lowest BCUT2D eigenvalue weighted by Gasteiger charge is -2.24. The molecule has 2 fully saturated rings. The molecule has 1 aromatic carbocycles. The van der Waals surface area contributed by atoms with E-state index in [0.717, 1.165) is 68.1 Å². The number of piperidine rings is 1. The van der Waals surface area contributed by atoms with Crippen molar-refractivity contribution in [3.8, 4) is 0 Å². The zero-order chi connectivity index (χ0) is 40.3. The molecule has 0 radical (unpaired) electrons. The number of imide groups is 1. The van der Waals surface area contributed by atoms with Crippen LogP contribution >= 0.6 is 0 Å². The van der Waals surface area contributed by atoms with Crippen molar-refractivity contribution in [2.75, 3.05) is 19.0 Å². The third-order valence-electron chi connectivity index (χ3n) is 11.4. The van der Waals surface area contributed by atoms with Gasteiger partial charge in [0.25, 0.3) is 5.91 Å². The number of ether oxygens (including phenoxy) is 1. The van der Waals surface area contributed by atoms with Crippen LogP contribution in [-0.2, 0) is 47.0 Å². The molecule has 0 spiro atoms. The Kier molecular flexibility index (Phi) is 12.2. The van der Waals surface area contributed by atoms with Gasteiger partial charge in [-0.05, 0) is 101 Å². The number of hydrogen-bond donors (Lipinski definition) is 4. The van der Waals surface area contributed by atoms with Crippen molar-refractivity contribution in [3.63, 3.8) is 0 Å². The Morgan fingerprint density at radius 3 is 2.52 bits per heavy atom. The lowest BCUT2D eigenvalue weighted by Crippen LogP contribution is -2.44. The standard InChI is InChI=1S/C40H55N9O7/c1-40(2,3)49-34(42-37(52)33-20-28(23-56-6)44-47(33)5)21-29(45-49)26-14-13-25(19-26)27(22-41-38(53)54)11-9-7-8-10-24-12-15-30-32(18-24)46(4)39(55)48(30)31-16-17-35(50)43-36(31)51/h12,15,18,20-21,25-27,31,41H,7-11,13-14,16-17,19,22-23H2,1-6H3,(H,42,52)(H,53,54)(H,43,50,51)/t25-,26+,27?,31?/m1/s1. The van der Waals surface area contributed by atoms with Crippen LogP contribution in [-0.4, -0.2) is 71.3 Å². The molecule has 302 valence electrons. The first-order chi connectivity index (χ1) is 26.6. The van der Waals surface area contributed by atoms with Crippen molar-refractivity contribution in [1.82, 2.24) is 39.3 Å². The van der Waals surface area contributed by atoms with E-state index in [1.165, 1.54) is 4.57 Å². The summed E-state index contributed by atoms with van der Waals surface area (Å²) in [5.41, 5.74) is 3.86. The fourth-order valence-corrected chi connectivity index (χ4v) is 8.48. The number of nitrogens with zero attached hydrogens (tertiary/aromatic N) is 6. The molecule has 16 heteroatoms. The number of amides is 4. The molecule has 4 heterocycles. The van der Waals surface area contributed by atoms with Crippen LogP contribution < -0.4 is 21.6 Å². The van der Waals surface area contributed by atoms with E-state index < -0.39 is 18.0 Å². The average Bonchev–Trinajstić information content (AvgIpc) is 3.92. The molecule has 0 bridgehead atoms. The SMILES string of the molecule is COCc1cc(C(=O)Nc2cc([C@H]3CC[C@@H](C(CCCCCc4ccc5c(c4)n(C)c(=O)n5C4CCC(=O)NC4=O)CNC(=O)O)C3)nn2C(C)(C)C)n(C)n1. The van der Waals surface area contributed by atoms with Gasteiger partial charge in [-0.25, -0.2) is 14.3 Å². The van der Waals surface area contributed by atoms with Crippen molar-refractivity contribution in [2.45, 2.75) is 109 Å². The summed E-state index contributed by atoms with van der Waals surface area (Å²) in [6.07, 6.45) is 6.83. The van der Waals surface area contributed by atoms with Crippen LogP contribution in [0, 0.1) is 11.8 Å². The molecule has 1 saturated heterocycles. The molecule has 1 aliphatic heterocycles. The molecule has 4 aromatic rings. The quantitative estimate of drug-likeness (QED) is 0.0953. The molecule has 3 aromatic heterocycles. The number of carbonyl (C=O) groups excluding carboxylic acids is 3. The fraction of sp³-hybridized carbons (Fsp3) is 0.575. The second kappa shape index (κ2) is 16.9. The van der Waals surface area contributed by atoms with E-state index in [1.54, 1.807) is 36.5 Å². The van der Waals surface area contributed by atoms with E-state index in [1.807, 2.05) is 49.7 Å². The van der Waals surface area contributed by atoms with Gasteiger partial charge in [0.1, 0.15) is 17.6 Å². The van der Waals surface area contributed by atoms with Gasteiger partial charge in [0.2, 0.25) is 11.8 Å². The number of fused-ring (bicyclic) bond motifs is 1. The van der Waals surface area contributed by atoms with Gasteiger partial charge in [0.05, 0.1) is 34.6 Å². The molecule has 4 amide bonds. The first-order valence-corrected chi connectivity index (χ1v) is 19.6. The number of unbranched alkanes of at least 4 members (excludes halogenated alkanes) is 2. The summed E-state index contributed by atoms with van der Waals surface area (Å²) in [5, 5.41) is 26.9. The highest BCUT2D eigenvalue weighted by Crippen LogP contribution is 2.43. The van der Waals surface area contributed by atoms with Crippen molar-refractivity contribution in [2.24, 2.45) is 25.9 Å². The molecule has 16 nitrogen and oxygen atoms in total. The Labute approximate surface area is 325 Å². The number of aromatic nitrogens is 6. The molecule has 4 N–H and O–H groups in total. The number of nitrogens with one attached hydrogen (secondary N) is 3. The Morgan fingerprint density at radius 2 is 1.80 bits per heavy atom. The number of methoxy groups -OCH3 is 1. The van der Waals surface area contributed by atoms with Gasteiger partial charge in [-0.3, -0.25) is 33.5 Å². The second-order valence-corrected chi connectivity index (χ2v) is 16.4. The molecule has 1 saturated carbocycles. The van der Waals surface area contributed by atoms with Gasteiger partial charge in [0.15, 0.2) is 0 Å². The van der Waals surface area contributed by atoms with Gasteiger partial charge in [0, 0.05) is 46.2 Å². The molecular weight excluding hydrogens is 718 g/mol. The number of rotatable bonds is 15. The largest absolute Gasteiger partial charge is 0.465 e. The number of aryl methyl sites for hydroxylation is 3. The molecule has 2 unspecified atom stereocenters. The van der Waals surface area contributed by atoms with E-state index in [4.69, 9.17) is 9.84 Å². The topological polar surface area (TPSA) is 196 Å². The zero-order valence-electron chi connectivity index (χ0n) is 33.3. The van der Waals surface area contributed by atoms with E-state index in [9.17, 15) is 29.1 Å². The van der Waals surface area contributed by atoms with E-state index in [2.05, 4.69) is 21.0 Å². The lowest BCUT2D eigenvalue weighted by atomic mass is 9.85. The maximum absolute atomic E-state index is 13.4. The third-order valence-corrected chi connectivity index (χ3v) is 11.4. The zero-order valence-corrected chi connectivity index (χ0v) is 33.3. The highest BCUT2D eigenvalue weighted by molar-refractivity contribution is 6.02. The lowest BCUT2D eigenvalue weighted by molar-refractivity contribution is -0.135. The Morgan fingerprint density at radius 1 is 1.02 bits per heavy atom. The predicted molar refractivity (Wildman–Crippen MR) is 209 cm³/mol. The summed E-state index contributed by atoms with van der Waals surface area (Å²) in [4.78, 5) is 62.3. The number of hydrogen-bond acceptors (Lipinski definition) is 8. The number of carbonyl (C=O) groups is 4. The fourth-order valence-electron chi connectivity index (χ4n) is 8.48. The molecule has 1 aliphatic carbocycles. The number of carboxylic acid groups (broad SMARTS) is 1. The predicted octanol–water partition coefficient (Wildman–Crippen LogP) is 4.97. The molecule has 6 rings (SSSR count). The maximum Gasteiger partial charge on any atom is 0.404 e. The van der Waals surface area contributed by atoms with Crippen LogP contribution in [0.3, 0.4) is 0 Å². The first-order valence-electron chi connectivity index (χ1n) is 19.6. The van der Waals surface area contributed by atoms with Gasteiger partial charge in [-0.15, -0.1) is 0 Å². The van der Waals surface area contributed by atoms with E-state index in [0.29, 0.717) is 48.2 Å². The molecule has 4 atom stereocenters. The number of benzene rings is 1. The van der Waals surface area contributed by atoms with E-state index >= 15 is 0 Å². The second-order valence-electron chi connectivity index (χ2n) is 16.4. The highest BCUT2D eigenvalue weighted by atomic mass is 16.5.